The van der Waals surface area contributed by atoms with Crippen molar-refractivity contribution in [3.8, 4) is 0 Å². The van der Waals surface area contributed by atoms with Gasteiger partial charge in [0.05, 0.1) is 13.7 Å². The first-order valence-corrected chi connectivity index (χ1v) is 8.64. The van der Waals surface area contributed by atoms with Gasteiger partial charge in [0.2, 0.25) is 0 Å². The summed E-state index contributed by atoms with van der Waals surface area (Å²) in [6, 6.07) is 8.29. The van der Waals surface area contributed by atoms with Gasteiger partial charge in [-0.25, -0.2) is 14.4 Å². The van der Waals surface area contributed by atoms with E-state index in [4.69, 9.17) is 18.9 Å². The molecule has 1 aromatic rings. The second-order valence-corrected chi connectivity index (χ2v) is 7.17. The highest BCUT2D eigenvalue weighted by Gasteiger charge is 2.44. The molecule has 148 valence electrons. The van der Waals surface area contributed by atoms with Crippen molar-refractivity contribution >= 4 is 18.2 Å². The van der Waals surface area contributed by atoms with Crippen LogP contribution in [0.15, 0.2) is 30.3 Å². The fourth-order valence-corrected chi connectivity index (χ4v) is 2.65. The van der Waals surface area contributed by atoms with E-state index < -0.39 is 36.0 Å². The van der Waals surface area contributed by atoms with Gasteiger partial charge >= 0.3 is 18.2 Å². The van der Waals surface area contributed by atoms with Gasteiger partial charge in [-0.05, 0) is 26.3 Å². The van der Waals surface area contributed by atoms with Gasteiger partial charge in [0.15, 0.2) is 0 Å². The molecule has 0 unspecified atom stereocenters. The van der Waals surface area contributed by atoms with E-state index in [0.29, 0.717) is 0 Å². The van der Waals surface area contributed by atoms with Gasteiger partial charge in [0, 0.05) is 6.42 Å². The van der Waals surface area contributed by atoms with Crippen molar-refractivity contribution in [3.63, 3.8) is 0 Å². The minimum atomic E-state index is -0.878. The number of carbonyl (C=O) groups is 3. The number of methoxy groups -OCH3 is 1. The summed E-state index contributed by atoms with van der Waals surface area (Å²) in [5, 5.41) is 0. The zero-order valence-corrected chi connectivity index (χ0v) is 16.0. The molecule has 0 saturated carbocycles. The number of amides is 1. The molecule has 1 fully saturated rings. The Labute approximate surface area is 158 Å². The number of carbonyl (C=O) groups excluding carboxylic acids is 3. The molecule has 1 aromatic carbocycles. The molecule has 0 spiro atoms. The van der Waals surface area contributed by atoms with E-state index in [2.05, 4.69) is 0 Å². The van der Waals surface area contributed by atoms with Gasteiger partial charge in [0.25, 0.3) is 0 Å². The monoisotopic (exact) mass is 379 g/mol. The molecule has 1 aliphatic heterocycles. The highest BCUT2D eigenvalue weighted by Crippen LogP contribution is 2.24. The zero-order valence-electron chi connectivity index (χ0n) is 16.0. The summed E-state index contributed by atoms with van der Waals surface area (Å²) in [4.78, 5) is 37.5. The van der Waals surface area contributed by atoms with Gasteiger partial charge in [-0.15, -0.1) is 0 Å². The number of hydrogen-bond acceptors (Lipinski definition) is 7. The minimum absolute atomic E-state index is 0.0229. The SMILES string of the molecule is COC(=O)[C@@H]1C[C@@H](OC(=O)OCc2ccccc2)CN1C(=O)OC(C)(C)C. The van der Waals surface area contributed by atoms with Crippen LogP contribution in [0.5, 0.6) is 0 Å². The maximum atomic E-state index is 12.4. The first-order valence-electron chi connectivity index (χ1n) is 8.64. The van der Waals surface area contributed by atoms with Crippen LogP contribution in [-0.4, -0.2) is 54.5 Å². The Morgan fingerprint density at radius 1 is 1.15 bits per heavy atom. The molecule has 1 aliphatic rings. The first-order chi connectivity index (χ1) is 12.7. The Hall–Kier alpha value is -2.77. The topological polar surface area (TPSA) is 91.4 Å². The summed E-state index contributed by atoms with van der Waals surface area (Å²) < 4.78 is 20.4. The van der Waals surface area contributed by atoms with Crippen molar-refractivity contribution in [2.75, 3.05) is 13.7 Å². The predicted molar refractivity (Wildman–Crippen MR) is 94.9 cm³/mol. The number of hydrogen-bond donors (Lipinski definition) is 0. The van der Waals surface area contributed by atoms with E-state index in [1.165, 1.54) is 12.0 Å². The van der Waals surface area contributed by atoms with E-state index >= 15 is 0 Å². The second-order valence-electron chi connectivity index (χ2n) is 7.17. The maximum absolute atomic E-state index is 12.4. The van der Waals surface area contributed by atoms with E-state index in [-0.39, 0.29) is 19.6 Å². The molecule has 2 rings (SSSR count). The van der Waals surface area contributed by atoms with Crippen molar-refractivity contribution < 1.29 is 33.3 Å². The maximum Gasteiger partial charge on any atom is 0.508 e. The number of esters is 1. The minimum Gasteiger partial charge on any atom is -0.467 e. The molecule has 1 saturated heterocycles. The summed E-state index contributed by atoms with van der Waals surface area (Å²) in [6.07, 6.45) is -2.10. The van der Waals surface area contributed by atoms with E-state index in [0.717, 1.165) is 5.56 Å². The molecule has 0 aromatic heterocycles. The molecule has 0 N–H and O–H groups in total. The third kappa shape index (κ3) is 6.16. The lowest BCUT2D eigenvalue weighted by molar-refractivity contribution is -0.145. The van der Waals surface area contributed by atoms with Crippen LogP contribution in [0.25, 0.3) is 0 Å². The molecule has 1 heterocycles. The van der Waals surface area contributed by atoms with E-state index in [1.807, 2.05) is 30.3 Å². The molecule has 2 atom stereocenters. The van der Waals surface area contributed by atoms with Crippen LogP contribution in [0.4, 0.5) is 9.59 Å². The van der Waals surface area contributed by atoms with Crippen molar-refractivity contribution in [2.45, 2.75) is 51.5 Å². The third-order valence-electron chi connectivity index (χ3n) is 3.83. The second kappa shape index (κ2) is 8.75. The van der Waals surface area contributed by atoms with Crippen molar-refractivity contribution in [1.82, 2.24) is 4.90 Å². The van der Waals surface area contributed by atoms with Crippen LogP contribution >= 0.6 is 0 Å². The summed E-state index contributed by atoms with van der Waals surface area (Å²) in [5.74, 6) is -0.593. The zero-order chi connectivity index (χ0) is 20.0. The Morgan fingerprint density at radius 3 is 2.41 bits per heavy atom. The fraction of sp³-hybridized carbons (Fsp3) is 0.526. The lowest BCUT2D eigenvalue weighted by Crippen LogP contribution is -2.44. The Morgan fingerprint density at radius 2 is 1.81 bits per heavy atom. The standard InChI is InChI=1S/C19H25NO7/c1-19(2,3)27-17(22)20-11-14(10-15(20)16(21)24-4)26-18(23)25-12-13-8-6-5-7-9-13/h5-9,14-15H,10-12H2,1-4H3/t14-,15+/m1/s1. The predicted octanol–water partition coefficient (Wildman–Crippen LogP) is 2.89. The number of likely N-dealkylation sites (tertiary alicyclic amines) is 1. The highest BCUT2D eigenvalue weighted by atomic mass is 16.7. The van der Waals surface area contributed by atoms with Gasteiger partial charge in [-0.3, -0.25) is 4.90 Å². The summed E-state index contributed by atoms with van der Waals surface area (Å²) in [7, 11) is 1.23. The number of ether oxygens (including phenoxy) is 4. The van der Waals surface area contributed by atoms with Gasteiger partial charge in [-0.1, -0.05) is 30.3 Å². The molecule has 27 heavy (non-hydrogen) atoms. The van der Waals surface area contributed by atoms with Crippen LogP contribution in [0.3, 0.4) is 0 Å². The van der Waals surface area contributed by atoms with Gasteiger partial charge < -0.3 is 18.9 Å². The van der Waals surface area contributed by atoms with Crippen molar-refractivity contribution in [2.24, 2.45) is 0 Å². The van der Waals surface area contributed by atoms with Gasteiger partial charge in [-0.2, -0.15) is 0 Å². The molecule has 0 aliphatic carbocycles. The van der Waals surface area contributed by atoms with Crippen LogP contribution in [0.1, 0.15) is 32.8 Å². The largest absolute Gasteiger partial charge is 0.508 e. The average molecular weight is 379 g/mol. The average Bonchev–Trinajstić information content (AvgIpc) is 3.02. The molecule has 8 nitrogen and oxygen atoms in total. The summed E-state index contributed by atoms with van der Waals surface area (Å²) >= 11 is 0. The molecule has 8 heteroatoms. The first kappa shape index (κ1) is 20.5. The van der Waals surface area contributed by atoms with Crippen LogP contribution in [-0.2, 0) is 30.3 Å². The lowest BCUT2D eigenvalue weighted by Gasteiger charge is -2.27. The quantitative estimate of drug-likeness (QED) is 0.587. The molecule has 0 radical (unpaired) electrons. The molecular weight excluding hydrogens is 354 g/mol. The number of benzene rings is 1. The highest BCUT2D eigenvalue weighted by molar-refractivity contribution is 5.82. The summed E-state index contributed by atoms with van der Waals surface area (Å²) in [6.45, 7) is 5.27. The van der Waals surface area contributed by atoms with Crippen molar-refractivity contribution in [3.05, 3.63) is 35.9 Å². The lowest BCUT2D eigenvalue weighted by atomic mass is 10.2. The summed E-state index contributed by atoms with van der Waals surface area (Å²) in [5.41, 5.74) is 0.106. The van der Waals surface area contributed by atoms with Crippen LogP contribution in [0, 0.1) is 0 Å². The molecular formula is C19H25NO7. The molecule has 1 amide bonds. The number of nitrogens with zero attached hydrogens (tertiary/aromatic N) is 1. The van der Waals surface area contributed by atoms with Crippen LogP contribution in [0.2, 0.25) is 0 Å². The Kier molecular flexibility index (Phi) is 6.65. The number of rotatable bonds is 4. The normalized spacial score (nSPS) is 19.3. The molecule has 0 bridgehead atoms. The van der Waals surface area contributed by atoms with E-state index in [9.17, 15) is 14.4 Å². The third-order valence-corrected chi connectivity index (χ3v) is 3.83. The van der Waals surface area contributed by atoms with Crippen molar-refractivity contribution in [1.29, 1.82) is 0 Å². The fourth-order valence-electron chi connectivity index (χ4n) is 2.65. The van der Waals surface area contributed by atoms with Gasteiger partial charge in [0.1, 0.15) is 24.4 Å². The van der Waals surface area contributed by atoms with Crippen LogP contribution < -0.4 is 0 Å². The Balaban J connectivity index is 1.94. The van der Waals surface area contributed by atoms with E-state index in [1.54, 1.807) is 20.8 Å². The Bertz CT molecular complexity index is 668. The smallest absolute Gasteiger partial charge is 0.467 e.